The highest BCUT2D eigenvalue weighted by Crippen LogP contribution is 2.18. The number of aliphatic hydroxyl groups is 1. The molecule has 0 fully saturated rings. The monoisotopic (exact) mass is 287 g/mol. The number of aryl methyl sites for hydroxylation is 1. The van der Waals surface area contributed by atoms with E-state index in [1.165, 1.54) is 18.2 Å². The van der Waals surface area contributed by atoms with Crippen LogP contribution in [0.5, 0.6) is 0 Å². The van der Waals surface area contributed by atoms with E-state index < -0.39 is 11.7 Å². The van der Waals surface area contributed by atoms with Crippen LogP contribution >= 0.6 is 0 Å². The normalized spacial score (nSPS) is 9.86. The van der Waals surface area contributed by atoms with Crippen molar-refractivity contribution in [2.45, 2.75) is 13.3 Å². The summed E-state index contributed by atoms with van der Waals surface area (Å²) in [5.41, 5.74) is 0.650. The Labute approximate surface area is 121 Å². The zero-order valence-electron chi connectivity index (χ0n) is 11.4. The number of anilines is 1. The molecule has 0 saturated heterocycles. The second-order valence-electron chi connectivity index (χ2n) is 4.22. The van der Waals surface area contributed by atoms with Gasteiger partial charge < -0.3 is 14.8 Å². The fraction of sp³-hybridized carbons (Fsp3) is 0.188. The summed E-state index contributed by atoms with van der Waals surface area (Å²) in [7, 11) is 0. The Balaban J connectivity index is 2.24. The van der Waals surface area contributed by atoms with Gasteiger partial charge in [0.2, 0.25) is 0 Å². The fourth-order valence-electron chi connectivity index (χ4n) is 1.74. The maximum atomic E-state index is 13.2. The number of furan rings is 1. The van der Waals surface area contributed by atoms with E-state index >= 15 is 0 Å². The Morgan fingerprint density at radius 3 is 2.86 bits per heavy atom. The average Bonchev–Trinajstić information content (AvgIpc) is 2.96. The van der Waals surface area contributed by atoms with Gasteiger partial charge >= 0.3 is 0 Å². The number of carbonyl (C=O) groups is 1. The second kappa shape index (κ2) is 6.73. The highest BCUT2D eigenvalue weighted by molar-refractivity contribution is 6.03. The third-order valence-corrected chi connectivity index (χ3v) is 2.77. The van der Waals surface area contributed by atoms with Crippen molar-refractivity contribution in [2.24, 2.45) is 0 Å². The first-order chi connectivity index (χ1) is 10.1. The Kier molecular flexibility index (Phi) is 4.75. The van der Waals surface area contributed by atoms with Crippen LogP contribution < -0.4 is 5.32 Å². The summed E-state index contributed by atoms with van der Waals surface area (Å²) in [6.45, 7) is 1.57. The van der Waals surface area contributed by atoms with E-state index in [1.807, 2.05) is 6.92 Å². The van der Waals surface area contributed by atoms with Gasteiger partial charge in [-0.1, -0.05) is 18.8 Å². The maximum Gasteiger partial charge on any atom is 0.291 e. The first-order valence-electron chi connectivity index (χ1n) is 6.43. The summed E-state index contributed by atoms with van der Waals surface area (Å²) >= 11 is 0. The van der Waals surface area contributed by atoms with Gasteiger partial charge in [-0.25, -0.2) is 4.39 Å². The van der Waals surface area contributed by atoms with Crippen LogP contribution in [0, 0.1) is 17.7 Å². The quantitative estimate of drug-likeness (QED) is 0.853. The van der Waals surface area contributed by atoms with Crippen LogP contribution in [0.3, 0.4) is 0 Å². The molecule has 0 aliphatic rings. The second-order valence-corrected chi connectivity index (χ2v) is 4.22. The predicted octanol–water partition coefficient (Wildman–Crippen LogP) is 2.58. The smallest absolute Gasteiger partial charge is 0.291 e. The van der Waals surface area contributed by atoms with Gasteiger partial charge in [-0.2, -0.15) is 0 Å². The zero-order valence-corrected chi connectivity index (χ0v) is 11.4. The first-order valence-corrected chi connectivity index (χ1v) is 6.43. The highest BCUT2D eigenvalue weighted by atomic mass is 19.1. The van der Waals surface area contributed by atoms with E-state index in [2.05, 4.69) is 17.2 Å². The Morgan fingerprint density at radius 1 is 1.38 bits per heavy atom. The number of hydrogen-bond acceptors (Lipinski definition) is 3. The van der Waals surface area contributed by atoms with Crippen molar-refractivity contribution in [1.29, 1.82) is 0 Å². The van der Waals surface area contributed by atoms with E-state index in [9.17, 15) is 9.18 Å². The van der Waals surface area contributed by atoms with E-state index in [1.54, 1.807) is 12.1 Å². The Bertz CT molecular complexity index is 710. The summed E-state index contributed by atoms with van der Waals surface area (Å²) in [6.07, 6.45) is 0.692. The van der Waals surface area contributed by atoms with Crippen LogP contribution in [0.2, 0.25) is 0 Å². The Morgan fingerprint density at radius 2 is 2.19 bits per heavy atom. The van der Waals surface area contributed by atoms with Crippen LogP contribution in [0.15, 0.2) is 34.7 Å². The van der Waals surface area contributed by atoms with Crippen molar-refractivity contribution < 1.29 is 18.7 Å². The molecule has 0 spiro atoms. The molecule has 0 radical (unpaired) electrons. The molecule has 0 bridgehead atoms. The molecule has 2 rings (SSSR count). The molecule has 21 heavy (non-hydrogen) atoms. The number of aliphatic hydroxyl groups excluding tert-OH is 1. The Hall–Kier alpha value is -2.58. The molecule has 108 valence electrons. The number of hydrogen-bond donors (Lipinski definition) is 2. The maximum absolute atomic E-state index is 13.2. The molecule has 0 saturated carbocycles. The van der Waals surface area contributed by atoms with Gasteiger partial charge in [-0.3, -0.25) is 4.79 Å². The molecular weight excluding hydrogens is 273 g/mol. The number of halogens is 1. The molecule has 1 aromatic heterocycles. The summed E-state index contributed by atoms with van der Waals surface area (Å²) < 4.78 is 18.6. The molecule has 1 amide bonds. The fourth-order valence-corrected chi connectivity index (χ4v) is 1.74. The topological polar surface area (TPSA) is 62.5 Å². The van der Waals surface area contributed by atoms with Crippen LogP contribution in [0.25, 0.3) is 0 Å². The van der Waals surface area contributed by atoms with Gasteiger partial charge in [0.25, 0.3) is 5.91 Å². The minimum absolute atomic E-state index is 0.178. The molecule has 0 atom stereocenters. The molecule has 1 heterocycles. The van der Waals surface area contributed by atoms with Crippen LogP contribution in [-0.4, -0.2) is 17.6 Å². The highest BCUT2D eigenvalue weighted by Gasteiger charge is 2.13. The van der Waals surface area contributed by atoms with E-state index in [-0.39, 0.29) is 12.4 Å². The standard InChI is InChI=1S/C16H14FNO3/c1-2-13-6-8-15(21-13)16(20)18-14-7-5-12(17)10-11(14)4-3-9-19/h5-8,10,19H,2,9H2,1H3,(H,18,20). The van der Waals surface area contributed by atoms with Gasteiger partial charge in [0.05, 0.1) is 11.3 Å². The lowest BCUT2D eigenvalue weighted by Gasteiger charge is -2.06. The molecule has 0 aliphatic carbocycles. The van der Waals surface area contributed by atoms with Crippen LogP contribution in [0.4, 0.5) is 10.1 Å². The minimum Gasteiger partial charge on any atom is -0.456 e. The van der Waals surface area contributed by atoms with Crippen molar-refractivity contribution in [3.63, 3.8) is 0 Å². The molecule has 1 aromatic carbocycles. The summed E-state index contributed by atoms with van der Waals surface area (Å²) in [4.78, 5) is 12.1. The molecule has 0 aliphatic heterocycles. The molecule has 2 aromatic rings. The number of amides is 1. The molecule has 2 N–H and O–H groups in total. The summed E-state index contributed by atoms with van der Waals surface area (Å²) in [5.74, 6) is 4.99. The van der Waals surface area contributed by atoms with Gasteiger partial charge in [0.1, 0.15) is 18.2 Å². The SMILES string of the molecule is CCc1ccc(C(=O)Nc2ccc(F)cc2C#CCO)o1. The molecule has 0 unspecified atom stereocenters. The van der Waals surface area contributed by atoms with Crippen molar-refractivity contribution in [3.8, 4) is 11.8 Å². The van der Waals surface area contributed by atoms with Crippen molar-refractivity contribution in [2.75, 3.05) is 11.9 Å². The van der Waals surface area contributed by atoms with E-state index in [0.717, 1.165) is 0 Å². The van der Waals surface area contributed by atoms with Gasteiger partial charge in [-0.05, 0) is 30.3 Å². The lowest BCUT2D eigenvalue weighted by Crippen LogP contribution is -2.12. The molecular formula is C16H14FNO3. The van der Waals surface area contributed by atoms with Crippen molar-refractivity contribution >= 4 is 11.6 Å². The molecule has 5 heteroatoms. The number of nitrogens with one attached hydrogen (secondary N) is 1. The van der Waals surface area contributed by atoms with Crippen LogP contribution in [-0.2, 0) is 6.42 Å². The third-order valence-electron chi connectivity index (χ3n) is 2.77. The average molecular weight is 287 g/mol. The minimum atomic E-state index is -0.471. The number of benzene rings is 1. The number of carbonyl (C=O) groups excluding carboxylic acids is 1. The lowest BCUT2D eigenvalue weighted by molar-refractivity contribution is 0.0995. The predicted molar refractivity (Wildman–Crippen MR) is 76.4 cm³/mol. The van der Waals surface area contributed by atoms with Crippen LogP contribution in [0.1, 0.15) is 28.8 Å². The van der Waals surface area contributed by atoms with Gasteiger partial charge in [0, 0.05) is 6.42 Å². The van der Waals surface area contributed by atoms with E-state index in [4.69, 9.17) is 9.52 Å². The third kappa shape index (κ3) is 3.71. The summed E-state index contributed by atoms with van der Waals surface area (Å²) in [6, 6.07) is 7.14. The van der Waals surface area contributed by atoms with Gasteiger partial charge in [0.15, 0.2) is 5.76 Å². The zero-order chi connectivity index (χ0) is 15.2. The van der Waals surface area contributed by atoms with Crippen molar-refractivity contribution in [1.82, 2.24) is 0 Å². The first kappa shape index (κ1) is 14.8. The van der Waals surface area contributed by atoms with Crippen molar-refractivity contribution in [3.05, 3.63) is 53.2 Å². The van der Waals surface area contributed by atoms with Gasteiger partial charge in [-0.15, -0.1) is 0 Å². The lowest BCUT2D eigenvalue weighted by atomic mass is 10.1. The summed E-state index contributed by atoms with van der Waals surface area (Å²) in [5, 5.41) is 11.3. The van der Waals surface area contributed by atoms with E-state index in [0.29, 0.717) is 23.4 Å². The largest absolute Gasteiger partial charge is 0.456 e. The number of rotatable bonds is 3. The molecule has 4 nitrogen and oxygen atoms in total.